The first-order chi connectivity index (χ1) is 8.36. The Hall–Kier alpha value is -1.44. The maximum atomic E-state index is 11.7. The number of aliphatic carboxylic acids is 2. The highest BCUT2D eigenvalue weighted by Crippen LogP contribution is 2.02. The third-order valence-corrected chi connectivity index (χ3v) is 3.03. The van der Waals surface area contributed by atoms with Crippen molar-refractivity contribution in [2.75, 3.05) is 24.6 Å². The Balaban J connectivity index is 4.35. The molecule has 0 heterocycles. The van der Waals surface area contributed by atoms with Crippen LogP contribution in [0.2, 0.25) is 0 Å². The van der Waals surface area contributed by atoms with Crippen LogP contribution in [-0.2, 0) is 9.59 Å². The van der Waals surface area contributed by atoms with Crippen molar-refractivity contribution in [2.45, 2.75) is 19.9 Å². The zero-order valence-electron chi connectivity index (χ0n) is 10.4. The topological polar surface area (TPSA) is 107 Å². The van der Waals surface area contributed by atoms with Crippen molar-refractivity contribution in [1.29, 1.82) is 0 Å². The van der Waals surface area contributed by atoms with E-state index >= 15 is 0 Å². The predicted octanol–water partition coefficient (Wildman–Crippen LogP) is 0.309. The number of amides is 2. The van der Waals surface area contributed by atoms with E-state index in [9.17, 15) is 14.4 Å². The van der Waals surface area contributed by atoms with Crippen molar-refractivity contribution in [1.82, 2.24) is 10.2 Å². The second-order valence-electron chi connectivity index (χ2n) is 3.65. The molecule has 0 fully saturated rings. The minimum atomic E-state index is -1.25. The summed E-state index contributed by atoms with van der Waals surface area (Å²) in [5, 5.41) is 19.8. The van der Waals surface area contributed by atoms with Crippen molar-refractivity contribution in [3.63, 3.8) is 0 Å². The van der Waals surface area contributed by atoms with Gasteiger partial charge < -0.3 is 20.4 Å². The molecule has 0 saturated carbocycles. The molecule has 0 spiro atoms. The highest BCUT2D eigenvalue weighted by atomic mass is 32.2. The van der Waals surface area contributed by atoms with E-state index in [2.05, 4.69) is 5.32 Å². The molecule has 18 heavy (non-hydrogen) atoms. The van der Waals surface area contributed by atoms with E-state index < -0.39 is 31.1 Å². The molecule has 0 aromatic heterocycles. The number of urea groups is 1. The van der Waals surface area contributed by atoms with Gasteiger partial charge in [-0.05, 0) is 12.7 Å². The first-order valence-electron chi connectivity index (χ1n) is 5.43. The molecule has 104 valence electrons. The first kappa shape index (κ1) is 16.6. The molecule has 8 heteroatoms. The molecule has 0 radical (unpaired) electrons. The van der Waals surface area contributed by atoms with Crippen molar-refractivity contribution in [3.8, 4) is 0 Å². The monoisotopic (exact) mass is 278 g/mol. The van der Waals surface area contributed by atoms with Crippen LogP contribution in [0.25, 0.3) is 0 Å². The number of nitrogens with one attached hydrogen (secondary N) is 1. The van der Waals surface area contributed by atoms with E-state index in [1.165, 1.54) is 0 Å². The number of thioether (sulfide) groups is 1. The molecular formula is C10H18N2O5S. The van der Waals surface area contributed by atoms with Gasteiger partial charge in [0.15, 0.2) is 0 Å². The second kappa shape index (κ2) is 8.62. The van der Waals surface area contributed by atoms with Crippen LogP contribution in [0.1, 0.15) is 13.8 Å². The van der Waals surface area contributed by atoms with Crippen molar-refractivity contribution in [2.24, 2.45) is 0 Å². The Morgan fingerprint density at radius 1 is 1.22 bits per heavy atom. The molecule has 0 aromatic carbocycles. The maximum absolute atomic E-state index is 11.7. The summed E-state index contributed by atoms with van der Waals surface area (Å²) in [4.78, 5) is 33.5. The summed E-state index contributed by atoms with van der Waals surface area (Å²) in [6, 6.07) is -0.823. The Morgan fingerprint density at radius 3 is 2.11 bits per heavy atom. The third-order valence-electron chi connectivity index (χ3n) is 1.88. The van der Waals surface area contributed by atoms with Crippen LogP contribution < -0.4 is 5.32 Å². The van der Waals surface area contributed by atoms with Crippen LogP contribution in [0.5, 0.6) is 0 Å². The Kier molecular flexibility index (Phi) is 7.93. The lowest BCUT2D eigenvalue weighted by Gasteiger charge is -2.22. The summed E-state index contributed by atoms with van der Waals surface area (Å²) in [7, 11) is 0. The molecule has 0 aromatic rings. The number of carbonyl (C=O) groups is 3. The SMILES string of the molecule is CCSCC(C)NC(=O)N(CC(=O)O)CC(=O)O. The highest BCUT2D eigenvalue weighted by molar-refractivity contribution is 7.99. The van der Waals surface area contributed by atoms with Gasteiger partial charge in [0.1, 0.15) is 13.1 Å². The number of nitrogens with zero attached hydrogens (tertiary/aromatic N) is 1. The molecule has 7 nitrogen and oxygen atoms in total. The van der Waals surface area contributed by atoms with Crippen molar-refractivity contribution in [3.05, 3.63) is 0 Å². The van der Waals surface area contributed by atoms with Gasteiger partial charge in [-0.15, -0.1) is 0 Å². The summed E-state index contributed by atoms with van der Waals surface area (Å²) in [6.45, 7) is 2.50. The van der Waals surface area contributed by atoms with Gasteiger partial charge in [0.2, 0.25) is 0 Å². The average Bonchev–Trinajstić information content (AvgIpc) is 2.24. The lowest BCUT2D eigenvalue weighted by atomic mass is 10.4. The van der Waals surface area contributed by atoms with E-state index in [1.54, 1.807) is 18.7 Å². The van der Waals surface area contributed by atoms with Crippen molar-refractivity contribution >= 4 is 29.7 Å². The summed E-state index contributed by atoms with van der Waals surface area (Å²) < 4.78 is 0. The fraction of sp³-hybridized carbons (Fsp3) is 0.700. The minimum Gasteiger partial charge on any atom is -0.480 e. The number of carboxylic acid groups (broad SMARTS) is 2. The largest absolute Gasteiger partial charge is 0.480 e. The first-order valence-corrected chi connectivity index (χ1v) is 6.59. The average molecular weight is 278 g/mol. The molecule has 0 bridgehead atoms. The third kappa shape index (κ3) is 7.77. The highest BCUT2D eigenvalue weighted by Gasteiger charge is 2.20. The van der Waals surface area contributed by atoms with E-state index in [4.69, 9.17) is 10.2 Å². The van der Waals surface area contributed by atoms with E-state index in [1.807, 2.05) is 6.92 Å². The molecular weight excluding hydrogens is 260 g/mol. The lowest BCUT2D eigenvalue weighted by molar-refractivity contribution is -0.140. The summed E-state index contributed by atoms with van der Waals surface area (Å²) in [5.74, 6) is -0.895. The van der Waals surface area contributed by atoms with Crippen molar-refractivity contribution < 1.29 is 24.6 Å². The maximum Gasteiger partial charge on any atom is 0.323 e. The van der Waals surface area contributed by atoms with Crippen LogP contribution in [0.3, 0.4) is 0 Å². The van der Waals surface area contributed by atoms with Crippen LogP contribution in [-0.4, -0.2) is 63.7 Å². The van der Waals surface area contributed by atoms with Crippen LogP contribution >= 0.6 is 11.8 Å². The van der Waals surface area contributed by atoms with Gasteiger partial charge in [-0.3, -0.25) is 9.59 Å². The predicted molar refractivity (Wildman–Crippen MR) is 67.8 cm³/mol. The van der Waals surface area contributed by atoms with Crippen LogP contribution in [0.15, 0.2) is 0 Å². The number of carbonyl (C=O) groups excluding carboxylic acids is 1. The minimum absolute atomic E-state index is 0.146. The van der Waals surface area contributed by atoms with Crippen LogP contribution in [0.4, 0.5) is 4.79 Å². The van der Waals surface area contributed by atoms with Gasteiger partial charge in [-0.25, -0.2) is 4.79 Å². The van der Waals surface area contributed by atoms with E-state index in [-0.39, 0.29) is 6.04 Å². The zero-order valence-corrected chi connectivity index (χ0v) is 11.2. The van der Waals surface area contributed by atoms with Gasteiger partial charge in [-0.2, -0.15) is 11.8 Å². The molecule has 0 saturated heterocycles. The molecule has 2 amide bonds. The smallest absolute Gasteiger partial charge is 0.323 e. The standard InChI is InChI=1S/C10H18N2O5S/c1-3-18-6-7(2)11-10(17)12(4-8(13)14)5-9(15)16/h7H,3-6H2,1-2H3,(H,11,17)(H,13,14)(H,15,16). The quantitative estimate of drug-likeness (QED) is 0.590. The molecule has 0 rings (SSSR count). The van der Waals surface area contributed by atoms with E-state index in [0.717, 1.165) is 10.7 Å². The number of carboxylic acids is 2. The fourth-order valence-electron chi connectivity index (χ4n) is 1.16. The fourth-order valence-corrected chi connectivity index (χ4v) is 1.84. The summed E-state index contributed by atoms with van der Waals surface area (Å²) in [5.41, 5.74) is 0. The van der Waals surface area contributed by atoms with Gasteiger partial charge in [0, 0.05) is 11.8 Å². The summed E-state index contributed by atoms with van der Waals surface area (Å²) in [6.07, 6.45) is 0. The summed E-state index contributed by atoms with van der Waals surface area (Å²) >= 11 is 1.63. The molecule has 3 N–H and O–H groups in total. The Morgan fingerprint density at radius 2 is 1.72 bits per heavy atom. The van der Waals surface area contributed by atoms with Gasteiger partial charge >= 0.3 is 18.0 Å². The molecule has 0 aliphatic heterocycles. The van der Waals surface area contributed by atoms with Gasteiger partial charge in [0.25, 0.3) is 0 Å². The molecule has 1 atom stereocenters. The molecule has 1 unspecified atom stereocenters. The lowest BCUT2D eigenvalue weighted by Crippen LogP contribution is -2.48. The van der Waals surface area contributed by atoms with Gasteiger partial charge in [-0.1, -0.05) is 6.92 Å². The second-order valence-corrected chi connectivity index (χ2v) is 4.97. The normalized spacial score (nSPS) is 11.7. The number of rotatable bonds is 8. The van der Waals surface area contributed by atoms with Crippen LogP contribution in [0, 0.1) is 0 Å². The number of hydrogen-bond acceptors (Lipinski definition) is 4. The molecule has 0 aliphatic rings. The number of hydrogen-bond donors (Lipinski definition) is 3. The Bertz CT molecular complexity index is 295. The van der Waals surface area contributed by atoms with Gasteiger partial charge in [0.05, 0.1) is 0 Å². The Labute approximate surface area is 110 Å². The molecule has 0 aliphatic carbocycles. The zero-order chi connectivity index (χ0) is 14.1. The van der Waals surface area contributed by atoms with E-state index in [0.29, 0.717) is 5.75 Å².